The van der Waals surface area contributed by atoms with Crippen molar-refractivity contribution < 1.29 is 4.79 Å². The predicted octanol–water partition coefficient (Wildman–Crippen LogP) is 3.51. The minimum atomic E-state index is 0.589. The fourth-order valence-electron chi connectivity index (χ4n) is 1.83. The third-order valence-electron chi connectivity index (χ3n) is 2.72. The zero-order valence-electron chi connectivity index (χ0n) is 9.57. The number of benzene rings is 1. The van der Waals surface area contributed by atoms with Crippen LogP contribution in [0.3, 0.4) is 0 Å². The van der Waals surface area contributed by atoms with Gasteiger partial charge in [0.05, 0.1) is 11.3 Å². The molecule has 1 aromatic rings. The highest BCUT2D eigenvalue weighted by Gasteiger charge is 2.00. The number of carbonyl (C=O) groups excluding carboxylic acids is 1. The number of nitrogens with zero attached hydrogens (tertiary/aromatic N) is 1. The van der Waals surface area contributed by atoms with Gasteiger partial charge >= 0.3 is 0 Å². The van der Waals surface area contributed by atoms with E-state index in [0.29, 0.717) is 5.69 Å². The Morgan fingerprint density at radius 2 is 2.00 bits per heavy atom. The van der Waals surface area contributed by atoms with E-state index in [0.717, 1.165) is 18.4 Å². The van der Waals surface area contributed by atoms with Crippen LogP contribution >= 0.6 is 0 Å². The first-order valence-electron chi connectivity index (χ1n) is 5.78. The van der Waals surface area contributed by atoms with Crippen molar-refractivity contribution in [3.63, 3.8) is 0 Å². The molecule has 0 unspecified atom stereocenters. The molecular formula is C15H13NO. The zero-order chi connectivity index (χ0) is 11.9. The second kappa shape index (κ2) is 5.84. The van der Waals surface area contributed by atoms with E-state index < -0.39 is 0 Å². The molecule has 0 bridgehead atoms. The van der Waals surface area contributed by atoms with E-state index in [-0.39, 0.29) is 0 Å². The number of para-hydroxylation sites is 1. The fraction of sp³-hybridized carbons (Fsp3) is 0.267. The maximum Gasteiger partial charge on any atom is 0.240 e. The van der Waals surface area contributed by atoms with Crippen molar-refractivity contribution in [3.05, 3.63) is 41.5 Å². The average molecular weight is 223 g/mol. The smallest absolute Gasteiger partial charge is 0.211 e. The summed E-state index contributed by atoms with van der Waals surface area (Å²) < 4.78 is 0. The van der Waals surface area contributed by atoms with Crippen LogP contribution in [0.4, 0.5) is 5.69 Å². The molecule has 1 aliphatic rings. The maximum atomic E-state index is 10.3. The van der Waals surface area contributed by atoms with Crippen molar-refractivity contribution in [1.82, 2.24) is 0 Å². The Labute approximate surface area is 101 Å². The molecule has 0 aromatic heterocycles. The summed E-state index contributed by atoms with van der Waals surface area (Å²) in [7, 11) is 0. The highest BCUT2D eigenvalue weighted by molar-refractivity contribution is 5.60. The quantitative estimate of drug-likeness (QED) is 0.407. The van der Waals surface area contributed by atoms with Gasteiger partial charge in [-0.15, -0.1) is 0 Å². The molecule has 0 saturated heterocycles. The Bertz CT molecular complexity index is 540. The first-order chi connectivity index (χ1) is 8.40. The van der Waals surface area contributed by atoms with E-state index in [1.165, 1.54) is 18.4 Å². The molecule has 0 radical (unpaired) electrons. The van der Waals surface area contributed by atoms with E-state index in [9.17, 15) is 4.79 Å². The lowest BCUT2D eigenvalue weighted by atomic mass is 10.00. The van der Waals surface area contributed by atoms with Crippen LogP contribution in [0.5, 0.6) is 0 Å². The standard InChI is InChI=1S/C15H13NO/c17-12-16-15-9-5-4-8-14(15)11-10-13-6-2-1-3-7-13/h4-6,8-9H,1-3,7H2. The lowest BCUT2D eigenvalue weighted by Gasteiger charge is -2.05. The van der Waals surface area contributed by atoms with Crippen LogP contribution in [0.1, 0.15) is 31.2 Å². The number of allylic oxidation sites excluding steroid dienone is 2. The molecule has 0 heterocycles. The molecule has 0 atom stereocenters. The molecule has 0 fully saturated rings. The molecule has 0 spiro atoms. The molecular weight excluding hydrogens is 210 g/mol. The Morgan fingerprint density at radius 1 is 1.12 bits per heavy atom. The van der Waals surface area contributed by atoms with Gasteiger partial charge in [0.25, 0.3) is 0 Å². The second-order valence-electron chi connectivity index (χ2n) is 3.95. The number of rotatable bonds is 1. The molecule has 17 heavy (non-hydrogen) atoms. The molecule has 1 aliphatic carbocycles. The molecule has 0 saturated carbocycles. The summed E-state index contributed by atoms with van der Waals surface area (Å²) in [5, 5.41) is 0. The van der Waals surface area contributed by atoms with Crippen LogP contribution < -0.4 is 0 Å². The topological polar surface area (TPSA) is 29.4 Å². The number of hydrogen-bond donors (Lipinski definition) is 0. The van der Waals surface area contributed by atoms with Gasteiger partial charge in [0.2, 0.25) is 6.08 Å². The van der Waals surface area contributed by atoms with Crippen molar-refractivity contribution in [2.45, 2.75) is 25.7 Å². The Kier molecular flexibility index (Phi) is 3.91. The first kappa shape index (κ1) is 11.4. The van der Waals surface area contributed by atoms with Gasteiger partial charge in [-0.3, -0.25) is 0 Å². The minimum Gasteiger partial charge on any atom is -0.211 e. The molecule has 0 N–H and O–H groups in total. The van der Waals surface area contributed by atoms with Crippen molar-refractivity contribution in [1.29, 1.82) is 0 Å². The van der Waals surface area contributed by atoms with Crippen LogP contribution in [0.25, 0.3) is 0 Å². The summed E-state index contributed by atoms with van der Waals surface area (Å²) in [6.45, 7) is 0. The largest absolute Gasteiger partial charge is 0.240 e. The normalized spacial score (nSPS) is 14.0. The van der Waals surface area contributed by atoms with E-state index in [2.05, 4.69) is 22.9 Å². The number of hydrogen-bond acceptors (Lipinski definition) is 2. The van der Waals surface area contributed by atoms with E-state index in [4.69, 9.17) is 0 Å². The highest BCUT2D eigenvalue weighted by atomic mass is 16.1. The summed E-state index contributed by atoms with van der Waals surface area (Å²) in [4.78, 5) is 13.9. The number of isocyanates is 1. The van der Waals surface area contributed by atoms with E-state index in [1.807, 2.05) is 18.2 Å². The van der Waals surface area contributed by atoms with E-state index in [1.54, 1.807) is 12.1 Å². The van der Waals surface area contributed by atoms with Crippen molar-refractivity contribution >= 4 is 11.8 Å². The molecule has 0 aliphatic heterocycles. The van der Waals surface area contributed by atoms with Crippen molar-refractivity contribution in [2.24, 2.45) is 4.99 Å². The minimum absolute atomic E-state index is 0.589. The Balaban J connectivity index is 2.26. The molecule has 2 nitrogen and oxygen atoms in total. The Hall–Kier alpha value is -2.10. The third-order valence-corrected chi connectivity index (χ3v) is 2.72. The van der Waals surface area contributed by atoms with Gasteiger partial charge in [0.1, 0.15) is 0 Å². The van der Waals surface area contributed by atoms with Gasteiger partial charge in [0, 0.05) is 0 Å². The maximum absolute atomic E-state index is 10.3. The summed E-state index contributed by atoms with van der Waals surface area (Å²) in [5.41, 5.74) is 2.56. The average Bonchev–Trinajstić information content (AvgIpc) is 2.39. The zero-order valence-corrected chi connectivity index (χ0v) is 9.57. The van der Waals surface area contributed by atoms with Gasteiger partial charge in [0.15, 0.2) is 0 Å². The van der Waals surface area contributed by atoms with E-state index >= 15 is 0 Å². The first-order valence-corrected chi connectivity index (χ1v) is 5.78. The van der Waals surface area contributed by atoms with Gasteiger partial charge < -0.3 is 0 Å². The third kappa shape index (κ3) is 3.17. The highest BCUT2D eigenvalue weighted by Crippen LogP contribution is 2.19. The monoisotopic (exact) mass is 223 g/mol. The lowest BCUT2D eigenvalue weighted by Crippen LogP contribution is -1.88. The Morgan fingerprint density at radius 3 is 2.76 bits per heavy atom. The summed E-state index contributed by atoms with van der Waals surface area (Å²) in [6.07, 6.45) is 8.41. The van der Waals surface area contributed by atoms with Crippen LogP contribution in [0.15, 0.2) is 40.9 Å². The summed E-state index contributed by atoms with van der Waals surface area (Å²) in [6, 6.07) is 7.36. The van der Waals surface area contributed by atoms with Gasteiger partial charge in [-0.1, -0.05) is 30.0 Å². The van der Waals surface area contributed by atoms with Gasteiger partial charge in [-0.05, 0) is 43.4 Å². The second-order valence-corrected chi connectivity index (χ2v) is 3.95. The molecule has 2 heteroatoms. The SMILES string of the molecule is O=C=Nc1ccccc1C#CC1=CCCCC1. The van der Waals surface area contributed by atoms with Gasteiger partial charge in [-0.25, -0.2) is 4.79 Å². The fourth-order valence-corrected chi connectivity index (χ4v) is 1.83. The predicted molar refractivity (Wildman–Crippen MR) is 67.7 cm³/mol. The summed E-state index contributed by atoms with van der Waals surface area (Å²) >= 11 is 0. The summed E-state index contributed by atoms with van der Waals surface area (Å²) in [5.74, 6) is 6.23. The van der Waals surface area contributed by atoms with Crippen LogP contribution in [-0.2, 0) is 4.79 Å². The lowest BCUT2D eigenvalue weighted by molar-refractivity contribution is 0.565. The van der Waals surface area contributed by atoms with Crippen molar-refractivity contribution in [3.8, 4) is 11.8 Å². The van der Waals surface area contributed by atoms with Crippen LogP contribution in [0.2, 0.25) is 0 Å². The van der Waals surface area contributed by atoms with Gasteiger partial charge in [-0.2, -0.15) is 4.99 Å². The molecule has 1 aromatic carbocycles. The van der Waals surface area contributed by atoms with Crippen LogP contribution in [0, 0.1) is 11.8 Å². The molecule has 2 rings (SSSR count). The van der Waals surface area contributed by atoms with Crippen molar-refractivity contribution in [2.75, 3.05) is 0 Å². The number of aliphatic imine (C=N–C) groups is 1. The van der Waals surface area contributed by atoms with Crippen LogP contribution in [-0.4, -0.2) is 6.08 Å². The molecule has 0 amide bonds. The molecule has 84 valence electrons.